The summed E-state index contributed by atoms with van der Waals surface area (Å²) in [6, 6.07) is 44.9. The number of hydrogen-bond donors (Lipinski definition) is 0. The standard InChI is InChI=1S/C27H21FNO.C20H20GeN.Ir/c1-16(2)18-11-12-29-24(14-18)21-9-10-23(28)26-22-8-7-20(15-25(22)30-27(21)26)19-6-4-5-17(3)13-19;1-21(2,3)19-12-13-20(22-15-19)18-11-7-10-17(14-18)16-8-5-4-6-9-16;/h4-8,10-16H,1-3H3;4-10,12-15H,1-3H3;/q2*-1;/i3D3;;. The first-order valence-electron chi connectivity index (χ1n) is 18.9. The molecule has 0 spiro atoms. The van der Waals surface area contributed by atoms with Crippen LogP contribution in [-0.2, 0) is 20.1 Å². The van der Waals surface area contributed by atoms with Gasteiger partial charge >= 0.3 is 135 Å². The molecule has 0 atom stereocenters. The Morgan fingerprint density at radius 3 is 2.26 bits per heavy atom. The van der Waals surface area contributed by atoms with Crippen LogP contribution in [0.5, 0.6) is 0 Å². The quantitative estimate of drug-likeness (QED) is 0.123. The second-order valence-electron chi connectivity index (χ2n) is 14.3. The molecular formula is C47H41FGeIrN2O-2. The van der Waals surface area contributed by atoms with Crippen molar-refractivity contribution in [2.45, 2.75) is 43.9 Å². The Morgan fingerprint density at radius 1 is 0.755 bits per heavy atom. The van der Waals surface area contributed by atoms with Crippen LogP contribution in [0.2, 0.25) is 17.3 Å². The second kappa shape index (κ2) is 16.1. The van der Waals surface area contributed by atoms with Crippen molar-refractivity contribution in [1.82, 2.24) is 9.97 Å². The molecule has 0 unspecified atom stereocenters. The molecule has 0 fully saturated rings. The minimum absolute atomic E-state index is 0. The van der Waals surface area contributed by atoms with E-state index in [0.29, 0.717) is 39.1 Å². The molecule has 8 aromatic rings. The van der Waals surface area contributed by atoms with Crippen LogP contribution in [-0.4, -0.2) is 23.2 Å². The van der Waals surface area contributed by atoms with E-state index in [1.807, 2.05) is 48.5 Å². The van der Waals surface area contributed by atoms with Crippen molar-refractivity contribution in [2.24, 2.45) is 0 Å². The van der Waals surface area contributed by atoms with E-state index >= 15 is 0 Å². The topological polar surface area (TPSA) is 38.9 Å². The third-order valence-electron chi connectivity index (χ3n) is 9.22. The predicted octanol–water partition coefficient (Wildman–Crippen LogP) is 12.4. The summed E-state index contributed by atoms with van der Waals surface area (Å²) >= 11 is -1.79. The number of aryl methyl sites for hydroxylation is 1. The van der Waals surface area contributed by atoms with Gasteiger partial charge in [-0.25, -0.2) is 0 Å². The van der Waals surface area contributed by atoms with Crippen LogP contribution in [0.25, 0.3) is 66.7 Å². The largest absolute Gasteiger partial charge is 0 e. The molecule has 0 bridgehead atoms. The maximum Gasteiger partial charge on any atom is 0 e. The summed E-state index contributed by atoms with van der Waals surface area (Å²) in [6.07, 6.45) is 3.80. The van der Waals surface area contributed by atoms with E-state index in [2.05, 4.69) is 108 Å². The van der Waals surface area contributed by atoms with Gasteiger partial charge in [0.15, 0.2) is 0 Å². The molecule has 5 aromatic carbocycles. The second-order valence-corrected chi connectivity index (χ2v) is 24.9. The molecule has 8 rings (SSSR count). The zero-order valence-corrected chi connectivity index (χ0v) is 34.8. The third-order valence-corrected chi connectivity index (χ3v) is 13.5. The Bertz CT molecular complexity index is 2620. The zero-order valence-electron chi connectivity index (χ0n) is 33.3. The molecule has 0 saturated carbocycles. The molecule has 3 aromatic heterocycles. The molecule has 53 heavy (non-hydrogen) atoms. The number of rotatable bonds is 6. The van der Waals surface area contributed by atoms with Gasteiger partial charge in [-0.05, 0) is 47.1 Å². The summed E-state index contributed by atoms with van der Waals surface area (Å²) in [5, 5.41) is 1.03. The van der Waals surface area contributed by atoms with Gasteiger partial charge in [0.1, 0.15) is 5.58 Å². The van der Waals surface area contributed by atoms with Crippen LogP contribution in [0.4, 0.5) is 4.39 Å². The third kappa shape index (κ3) is 8.44. The molecule has 3 nitrogen and oxygen atoms in total. The zero-order chi connectivity index (χ0) is 38.9. The summed E-state index contributed by atoms with van der Waals surface area (Å²) in [6.45, 7) is 2.02. The fourth-order valence-electron chi connectivity index (χ4n) is 6.22. The van der Waals surface area contributed by atoms with Crippen molar-refractivity contribution in [3.8, 4) is 44.8 Å². The van der Waals surface area contributed by atoms with E-state index in [1.54, 1.807) is 24.4 Å². The Labute approximate surface area is 332 Å². The van der Waals surface area contributed by atoms with Crippen LogP contribution in [0.15, 0.2) is 138 Å². The van der Waals surface area contributed by atoms with Gasteiger partial charge in [-0.15, -0.1) is 12.1 Å². The average Bonchev–Trinajstić information content (AvgIpc) is 3.58. The van der Waals surface area contributed by atoms with Crippen molar-refractivity contribution in [1.29, 1.82) is 0 Å². The number of nitrogens with zero attached hydrogens (tertiary/aromatic N) is 2. The van der Waals surface area contributed by atoms with Crippen molar-refractivity contribution in [3.63, 3.8) is 0 Å². The first kappa shape index (κ1) is 34.1. The summed E-state index contributed by atoms with van der Waals surface area (Å²) in [5.74, 6) is 7.08. The van der Waals surface area contributed by atoms with Crippen molar-refractivity contribution < 1.29 is 33.0 Å². The molecule has 0 aliphatic heterocycles. The number of fused-ring (bicyclic) bond motifs is 3. The van der Waals surface area contributed by atoms with E-state index in [9.17, 15) is 4.39 Å². The Morgan fingerprint density at radius 2 is 1.53 bits per heavy atom. The van der Waals surface area contributed by atoms with Crippen LogP contribution in [0, 0.1) is 24.8 Å². The van der Waals surface area contributed by atoms with Gasteiger partial charge in [0.05, 0.1) is 5.58 Å². The summed E-state index contributed by atoms with van der Waals surface area (Å²) in [5.41, 5.74) is 9.60. The minimum atomic E-state index is -2.19. The van der Waals surface area contributed by atoms with Crippen molar-refractivity contribution in [3.05, 3.63) is 163 Å². The Hall–Kier alpha value is -4.68. The molecular weight excluding hydrogens is 892 g/mol. The summed E-state index contributed by atoms with van der Waals surface area (Å²) in [4.78, 5) is 9.14. The number of hydrogen-bond acceptors (Lipinski definition) is 3. The van der Waals surface area contributed by atoms with E-state index in [0.717, 1.165) is 27.9 Å². The molecule has 6 heteroatoms. The molecule has 1 radical (unpaired) electrons. The normalized spacial score (nSPS) is 12.4. The van der Waals surface area contributed by atoms with Crippen LogP contribution in [0.3, 0.4) is 0 Å². The summed E-state index contributed by atoms with van der Waals surface area (Å²) in [7, 11) is 0. The Kier molecular flexibility index (Phi) is 10.4. The monoisotopic (exact) mass is 938 g/mol. The van der Waals surface area contributed by atoms with Crippen LogP contribution >= 0.6 is 0 Å². The summed E-state index contributed by atoms with van der Waals surface area (Å²) < 4.78 is 45.5. The van der Waals surface area contributed by atoms with Crippen LogP contribution < -0.4 is 4.40 Å². The molecule has 0 aliphatic rings. The molecule has 0 aliphatic carbocycles. The van der Waals surface area contributed by atoms with Crippen LogP contribution in [0.1, 0.15) is 35.0 Å². The predicted molar refractivity (Wildman–Crippen MR) is 217 cm³/mol. The number of aromatic nitrogens is 2. The van der Waals surface area contributed by atoms with Gasteiger partial charge in [-0.3, -0.25) is 4.39 Å². The number of furan rings is 1. The van der Waals surface area contributed by atoms with E-state index in [4.69, 9.17) is 8.53 Å². The number of pyridine rings is 2. The maximum absolute atomic E-state index is 14.9. The number of halogens is 1. The SMILES string of the molecule is [2H]C([2H])([2H])c1cccc(-c2ccc3c(c2)oc2c(-c4cc(C(C)C)ccn4)[c-]cc(F)c23)c1.[CH3][Ge]([CH3])([CH3])[c]1ccc(-c2[c-]ccc(-c3ccccc3)c2)nc1.[Ir]. The van der Waals surface area contributed by atoms with Gasteiger partial charge in [0.2, 0.25) is 0 Å². The van der Waals surface area contributed by atoms with Gasteiger partial charge in [-0.2, -0.15) is 0 Å². The van der Waals surface area contributed by atoms with Gasteiger partial charge in [0, 0.05) is 41.6 Å². The minimum Gasteiger partial charge on any atom is 0 e. The fourth-order valence-corrected chi connectivity index (χ4v) is 8.39. The number of benzene rings is 5. The molecule has 0 saturated heterocycles. The van der Waals surface area contributed by atoms with Gasteiger partial charge in [-0.1, -0.05) is 73.0 Å². The van der Waals surface area contributed by atoms with E-state index < -0.39 is 25.9 Å². The van der Waals surface area contributed by atoms with E-state index in [-0.39, 0.29) is 25.7 Å². The first-order chi connectivity index (χ1) is 26.3. The van der Waals surface area contributed by atoms with Crippen molar-refractivity contribution in [2.75, 3.05) is 0 Å². The fraction of sp³-hybridized carbons (Fsp3) is 0.149. The smallest absolute Gasteiger partial charge is 0 e. The molecule has 3 heterocycles. The van der Waals surface area contributed by atoms with Crippen molar-refractivity contribution >= 4 is 39.6 Å². The average molecular weight is 937 g/mol. The van der Waals surface area contributed by atoms with Gasteiger partial charge < -0.3 is 9.40 Å². The van der Waals surface area contributed by atoms with E-state index in [1.165, 1.54) is 21.6 Å². The maximum atomic E-state index is 14.9. The Balaban J connectivity index is 0.000000202. The molecule has 0 amide bonds. The molecule has 267 valence electrons. The molecule has 0 N–H and O–H groups in total. The first-order valence-corrected chi connectivity index (χ1v) is 24.8. The van der Waals surface area contributed by atoms with Gasteiger partial charge in [0.25, 0.3) is 0 Å².